The number of methoxy groups -OCH3 is 1. The highest BCUT2D eigenvalue weighted by atomic mass is 16.5. The summed E-state index contributed by atoms with van der Waals surface area (Å²) >= 11 is 0. The van der Waals surface area contributed by atoms with Gasteiger partial charge in [0.25, 0.3) is 0 Å². The Morgan fingerprint density at radius 2 is 2.00 bits per heavy atom. The minimum atomic E-state index is -0.590. The van der Waals surface area contributed by atoms with Crippen molar-refractivity contribution < 1.29 is 9.53 Å². The van der Waals surface area contributed by atoms with Crippen molar-refractivity contribution in [3.63, 3.8) is 0 Å². The highest BCUT2D eigenvalue weighted by Crippen LogP contribution is 2.26. The quantitative estimate of drug-likeness (QED) is 0.355. The summed E-state index contributed by atoms with van der Waals surface area (Å²) < 4.78 is 6.94. The van der Waals surface area contributed by atoms with Crippen molar-refractivity contribution in [3.8, 4) is 17.1 Å². The highest BCUT2D eigenvalue weighted by Gasteiger charge is 2.20. The van der Waals surface area contributed by atoms with E-state index in [4.69, 9.17) is 21.2 Å². The van der Waals surface area contributed by atoms with Crippen molar-refractivity contribution in [3.05, 3.63) is 48.5 Å². The predicted octanol–water partition coefficient (Wildman–Crippen LogP) is 2.35. The number of carbonyl (C=O) groups is 1. The number of aromatic nitrogens is 4. The second-order valence-electron chi connectivity index (χ2n) is 7.24. The summed E-state index contributed by atoms with van der Waals surface area (Å²) in [4.78, 5) is 21.5. The number of nitrogens with zero attached hydrogens (tertiary/aromatic N) is 4. The number of hydrogen-bond acceptors (Lipinski definition) is 7. The lowest BCUT2D eigenvalue weighted by Gasteiger charge is -2.16. The van der Waals surface area contributed by atoms with Crippen LogP contribution in [0.1, 0.15) is 19.3 Å². The van der Waals surface area contributed by atoms with Crippen molar-refractivity contribution in [1.29, 1.82) is 0 Å². The molecule has 2 aromatic heterocycles. The van der Waals surface area contributed by atoms with E-state index in [1.54, 1.807) is 11.6 Å². The number of hydrogen-bond donors (Lipinski definition) is 3. The van der Waals surface area contributed by atoms with Gasteiger partial charge in [-0.1, -0.05) is 24.3 Å². The number of ether oxygens (including phenoxy) is 1. The molecule has 5 N–H and O–H groups in total. The molecule has 0 aliphatic heterocycles. The van der Waals surface area contributed by atoms with Gasteiger partial charge in [0.2, 0.25) is 11.9 Å². The fourth-order valence-electron chi connectivity index (χ4n) is 3.47. The molecule has 0 bridgehead atoms. The molecular weight excluding hydrogens is 394 g/mol. The molecule has 0 saturated carbocycles. The van der Waals surface area contributed by atoms with Gasteiger partial charge in [-0.2, -0.15) is 4.52 Å². The number of carbonyl (C=O) groups excluding carboxylic acids is 1. The third-order valence-electron chi connectivity index (χ3n) is 5.10. The van der Waals surface area contributed by atoms with E-state index in [1.807, 2.05) is 48.5 Å². The Balaban J connectivity index is 1.81. The maximum Gasteiger partial charge on any atom is 0.240 e. The maximum atomic E-state index is 12.0. The van der Waals surface area contributed by atoms with Gasteiger partial charge in [0.1, 0.15) is 11.8 Å². The molecule has 4 aromatic rings. The number of benzene rings is 2. The zero-order valence-electron chi connectivity index (χ0n) is 17.3. The molecule has 0 saturated heterocycles. The molecular formula is C22H25N7O2. The van der Waals surface area contributed by atoms with Crippen LogP contribution in [0.5, 0.6) is 5.75 Å². The Bertz CT molecular complexity index is 1220. The molecule has 0 unspecified atom stereocenters. The smallest absolute Gasteiger partial charge is 0.240 e. The van der Waals surface area contributed by atoms with Crippen LogP contribution < -0.4 is 21.5 Å². The van der Waals surface area contributed by atoms with Gasteiger partial charge in [-0.3, -0.25) is 4.79 Å². The summed E-state index contributed by atoms with van der Waals surface area (Å²) in [5, 5.41) is 8.69. The second kappa shape index (κ2) is 8.97. The summed E-state index contributed by atoms with van der Waals surface area (Å²) in [6.07, 6.45) is 2.15. The van der Waals surface area contributed by atoms with Crippen LogP contribution in [0.15, 0.2) is 48.5 Å². The van der Waals surface area contributed by atoms with Crippen molar-refractivity contribution in [1.82, 2.24) is 19.6 Å². The van der Waals surface area contributed by atoms with Crippen molar-refractivity contribution in [2.75, 3.05) is 19.0 Å². The van der Waals surface area contributed by atoms with E-state index in [1.165, 1.54) is 0 Å². The van der Waals surface area contributed by atoms with Gasteiger partial charge < -0.3 is 21.5 Å². The van der Waals surface area contributed by atoms with Gasteiger partial charge in [0, 0.05) is 10.9 Å². The molecule has 1 amide bonds. The fraction of sp³-hybridized carbons (Fsp3) is 0.273. The number of nitrogens with two attached hydrogens (primary N) is 2. The van der Waals surface area contributed by atoms with Crippen LogP contribution in [-0.2, 0) is 4.79 Å². The molecule has 0 aliphatic carbocycles. The van der Waals surface area contributed by atoms with Crippen LogP contribution in [-0.4, -0.2) is 45.2 Å². The Hall–Kier alpha value is -3.72. The minimum Gasteiger partial charge on any atom is -0.497 e. The third kappa shape index (κ3) is 4.26. The highest BCUT2D eigenvalue weighted by molar-refractivity contribution is 5.93. The van der Waals surface area contributed by atoms with Gasteiger partial charge in [-0.15, -0.1) is 5.10 Å². The summed E-state index contributed by atoms with van der Waals surface area (Å²) in [7, 11) is 1.62. The van der Waals surface area contributed by atoms with Crippen LogP contribution >= 0.6 is 0 Å². The van der Waals surface area contributed by atoms with Crippen LogP contribution in [0, 0.1) is 0 Å². The number of nitrogens with one attached hydrogen (secondary N) is 1. The number of rotatable bonds is 9. The molecule has 9 heteroatoms. The first-order valence-electron chi connectivity index (χ1n) is 10.2. The lowest BCUT2D eigenvalue weighted by Crippen LogP contribution is -2.36. The minimum absolute atomic E-state index is 0.409. The first-order valence-corrected chi connectivity index (χ1v) is 10.2. The predicted molar refractivity (Wildman–Crippen MR) is 120 cm³/mol. The molecule has 1 atom stereocenters. The topological polar surface area (TPSA) is 133 Å². The van der Waals surface area contributed by atoms with E-state index in [-0.39, 0.29) is 0 Å². The van der Waals surface area contributed by atoms with Crippen LogP contribution in [0.25, 0.3) is 27.9 Å². The maximum absolute atomic E-state index is 12.0. The zero-order chi connectivity index (χ0) is 21.8. The third-order valence-corrected chi connectivity index (χ3v) is 5.10. The number of fused-ring (bicyclic) bond motifs is 3. The van der Waals surface area contributed by atoms with E-state index >= 15 is 0 Å². The monoisotopic (exact) mass is 419 g/mol. The van der Waals surface area contributed by atoms with E-state index in [9.17, 15) is 4.79 Å². The molecule has 9 nitrogen and oxygen atoms in total. The lowest BCUT2D eigenvalue weighted by molar-refractivity contribution is -0.118. The number of amides is 1. The standard InChI is InChI=1S/C22H25N7O2/c1-31-15-8-6-7-14(13-15)20-27-21-16-9-2-3-10-17(16)25-22(29(21)28-20)26-18(19(24)30)11-4-5-12-23/h2-3,6-10,13,18H,4-5,11-12,23H2,1H3,(H2,24,30)(H,25,26)/t18-/m0/s1. The van der Waals surface area contributed by atoms with Crippen LogP contribution in [0.3, 0.4) is 0 Å². The summed E-state index contributed by atoms with van der Waals surface area (Å²) in [5.74, 6) is 1.20. The van der Waals surface area contributed by atoms with Gasteiger partial charge in [0.05, 0.1) is 12.6 Å². The number of anilines is 1. The Labute approximate surface area is 179 Å². The van der Waals surface area contributed by atoms with E-state index in [2.05, 4.69) is 15.4 Å². The van der Waals surface area contributed by atoms with Crippen molar-refractivity contribution in [2.45, 2.75) is 25.3 Å². The lowest BCUT2D eigenvalue weighted by atomic mass is 10.1. The van der Waals surface area contributed by atoms with Gasteiger partial charge in [0.15, 0.2) is 11.5 Å². The van der Waals surface area contributed by atoms with Crippen molar-refractivity contribution >= 4 is 28.4 Å². The van der Waals surface area contributed by atoms with E-state index in [0.29, 0.717) is 36.1 Å². The Morgan fingerprint density at radius 1 is 1.16 bits per heavy atom. The largest absolute Gasteiger partial charge is 0.497 e. The van der Waals surface area contributed by atoms with Gasteiger partial charge in [-0.25, -0.2) is 9.97 Å². The first-order chi connectivity index (χ1) is 15.1. The van der Waals surface area contributed by atoms with Gasteiger partial charge in [-0.05, 0) is 50.1 Å². The Kier molecular flexibility index (Phi) is 5.94. The first kappa shape index (κ1) is 20.5. The number of unbranched alkanes of at least 4 members (excludes halogenated alkanes) is 1. The molecule has 4 rings (SSSR count). The molecule has 0 aliphatic rings. The van der Waals surface area contributed by atoms with Crippen molar-refractivity contribution in [2.24, 2.45) is 11.5 Å². The average molecular weight is 419 g/mol. The molecule has 2 heterocycles. The Morgan fingerprint density at radius 3 is 2.77 bits per heavy atom. The molecule has 160 valence electrons. The summed E-state index contributed by atoms with van der Waals surface area (Å²) in [5.41, 5.74) is 13.4. The van der Waals surface area contributed by atoms with Crippen LogP contribution in [0.4, 0.5) is 5.95 Å². The zero-order valence-corrected chi connectivity index (χ0v) is 17.3. The molecule has 0 radical (unpaired) electrons. The summed E-state index contributed by atoms with van der Waals surface area (Å²) in [6, 6.07) is 14.6. The SMILES string of the molecule is COc1cccc(-c2nc3c4ccccc4nc(N[C@@H](CCCCN)C(N)=O)n3n2)c1. The molecule has 0 spiro atoms. The molecule has 2 aromatic carbocycles. The fourth-order valence-corrected chi connectivity index (χ4v) is 3.47. The van der Waals surface area contributed by atoms with Gasteiger partial charge >= 0.3 is 0 Å². The average Bonchev–Trinajstić information content (AvgIpc) is 3.24. The second-order valence-corrected chi connectivity index (χ2v) is 7.24. The molecule has 0 fully saturated rings. The number of para-hydroxylation sites is 1. The van der Waals surface area contributed by atoms with E-state index < -0.39 is 11.9 Å². The van der Waals surface area contributed by atoms with Crippen LogP contribution in [0.2, 0.25) is 0 Å². The summed E-state index contributed by atoms with van der Waals surface area (Å²) in [6.45, 7) is 0.566. The number of primary amides is 1. The van der Waals surface area contributed by atoms with E-state index in [0.717, 1.165) is 29.3 Å². The normalized spacial score (nSPS) is 12.2. The molecule has 31 heavy (non-hydrogen) atoms.